The Bertz CT molecular complexity index is 1060. The molecule has 2 N–H and O–H groups in total. The molecule has 6 nitrogen and oxygen atoms in total. The first-order valence-corrected chi connectivity index (χ1v) is 10.7. The third kappa shape index (κ3) is 4.28. The van der Waals surface area contributed by atoms with E-state index >= 15 is 0 Å². The Morgan fingerprint density at radius 1 is 1.14 bits per heavy atom. The van der Waals surface area contributed by atoms with Gasteiger partial charge in [-0.15, -0.1) is 0 Å². The quantitative estimate of drug-likeness (QED) is 0.638. The topological polar surface area (TPSA) is 90.5 Å². The summed E-state index contributed by atoms with van der Waals surface area (Å²) in [5.41, 5.74) is 8.19. The van der Waals surface area contributed by atoms with E-state index in [1.165, 1.54) is 0 Å². The maximum atomic E-state index is 12.6. The van der Waals surface area contributed by atoms with Gasteiger partial charge in [0.05, 0.1) is 17.6 Å². The van der Waals surface area contributed by atoms with Crippen molar-refractivity contribution in [3.8, 4) is 0 Å². The molecule has 2 aromatic carbocycles. The zero-order valence-corrected chi connectivity index (χ0v) is 16.6. The molecule has 0 saturated carbocycles. The maximum absolute atomic E-state index is 12.6. The number of nitrogen functional groups attached to an aromatic ring is 1. The van der Waals surface area contributed by atoms with Crippen LogP contribution in [0.25, 0.3) is 10.9 Å². The highest BCUT2D eigenvalue weighted by Crippen LogP contribution is 2.27. The summed E-state index contributed by atoms with van der Waals surface area (Å²) in [6.45, 7) is 0.837. The zero-order chi connectivity index (χ0) is 19.3. The zero-order valence-electron chi connectivity index (χ0n) is 15.0. The summed E-state index contributed by atoms with van der Waals surface area (Å²) in [5.74, 6) is 2.07. The first-order chi connectivity index (χ1) is 13.7. The van der Waals surface area contributed by atoms with E-state index in [0.717, 1.165) is 33.1 Å². The molecule has 0 saturated heterocycles. The first kappa shape index (κ1) is 18.8. The SMILES string of the molecule is Nc1nc(COC(=O)c2ccccc2CSC2=NCCS2)nc2ccccc12. The van der Waals surface area contributed by atoms with E-state index in [-0.39, 0.29) is 6.61 Å². The van der Waals surface area contributed by atoms with Crippen LogP contribution in [0.3, 0.4) is 0 Å². The lowest BCUT2D eigenvalue weighted by atomic mass is 10.1. The molecule has 0 amide bonds. The fourth-order valence-electron chi connectivity index (χ4n) is 2.81. The van der Waals surface area contributed by atoms with Crippen LogP contribution in [0.5, 0.6) is 0 Å². The monoisotopic (exact) mass is 410 g/mol. The minimum atomic E-state index is -0.396. The molecule has 8 heteroatoms. The molecule has 0 spiro atoms. The van der Waals surface area contributed by atoms with E-state index in [2.05, 4.69) is 15.0 Å². The van der Waals surface area contributed by atoms with Gasteiger partial charge in [0.25, 0.3) is 0 Å². The lowest BCUT2D eigenvalue weighted by molar-refractivity contribution is 0.0462. The number of ether oxygens (including phenoxy) is 1. The third-order valence-electron chi connectivity index (χ3n) is 4.16. The predicted octanol–water partition coefficient (Wildman–Crippen LogP) is 3.91. The number of hydrogen-bond donors (Lipinski definition) is 1. The van der Waals surface area contributed by atoms with Crippen LogP contribution in [0.2, 0.25) is 0 Å². The lowest BCUT2D eigenvalue weighted by Gasteiger charge is -2.10. The minimum absolute atomic E-state index is 0.0299. The number of benzene rings is 2. The molecule has 0 radical (unpaired) electrons. The van der Waals surface area contributed by atoms with E-state index in [1.807, 2.05) is 42.5 Å². The number of rotatable bonds is 5. The number of carbonyl (C=O) groups is 1. The van der Waals surface area contributed by atoms with Gasteiger partial charge in [-0.25, -0.2) is 14.8 Å². The van der Waals surface area contributed by atoms with E-state index in [1.54, 1.807) is 29.6 Å². The Morgan fingerprint density at radius 3 is 2.82 bits per heavy atom. The number of thioether (sulfide) groups is 2. The van der Waals surface area contributed by atoms with Crippen LogP contribution < -0.4 is 5.73 Å². The van der Waals surface area contributed by atoms with Gasteiger partial charge in [-0.2, -0.15) is 0 Å². The molecule has 0 fully saturated rings. The molecule has 0 aliphatic carbocycles. The van der Waals surface area contributed by atoms with Crippen LogP contribution in [-0.4, -0.2) is 32.6 Å². The molecule has 1 aliphatic heterocycles. The second-order valence-electron chi connectivity index (χ2n) is 6.06. The van der Waals surface area contributed by atoms with Gasteiger partial charge in [0.1, 0.15) is 10.2 Å². The number of esters is 1. The lowest BCUT2D eigenvalue weighted by Crippen LogP contribution is -2.10. The molecule has 28 heavy (non-hydrogen) atoms. The van der Waals surface area contributed by atoms with Crippen molar-refractivity contribution in [2.45, 2.75) is 12.4 Å². The van der Waals surface area contributed by atoms with Crippen LogP contribution in [0.4, 0.5) is 5.82 Å². The van der Waals surface area contributed by atoms with Gasteiger partial charge in [0, 0.05) is 16.9 Å². The highest BCUT2D eigenvalue weighted by Gasteiger charge is 2.16. The Morgan fingerprint density at radius 2 is 1.96 bits per heavy atom. The highest BCUT2D eigenvalue weighted by atomic mass is 32.2. The second kappa shape index (κ2) is 8.62. The molecular weight excluding hydrogens is 392 g/mol. The second-order valence-corrected chi connectivity index (χ2v) is 8.37. The van der Waals surface area contributed by atoms with Crippen molar-refractivity contribution in [3.05, 3.63) is 65.5 Å². The van der Waals surface area contributed by atoms with E-state index in [4.69, 9.17) is 10.5 Å². The van der Waals surface area contributed by atoms with Gasteiger partial charge in [0.15, 0.2) is 12.4 Å². The number of para-hydroxylation sites is 1. The summed E-state index contributed by atoms with van der Waals surface area (Å²) < 4.78 is 6.54. The number of aromatic nitrogens is 2. The van der Waals surface area contributed by atoms with E-state index in [0.29, 0.717) is 23.0 Å². The fourth-order valence-corrected chi connectivity index (χ4v) is 4.82. The van der Waals surface area contributed by atoms with Crippen molar-refractivity contribution in [1.82, 2.24) is 9.97 Å². The number of aliphatic imine (C=N–C) groups is 1. The summed E-state index contributed by atoms with van der Waals surface area (Å²) in [7, 11) is 0. The Balaban J connectivity index is 1.45. The van der Waals surface area contributed by atoms with Gasteiger partial charge in [-0.05, 0) is 23.8 Å². The highest BCUT2D eigenvalue weighted by molar-refractivity contribution is 8.38. The molecule has 0 bridgehead atoms. The van der Waals surface area contributed by atoms with Crippen molar-refractivity contribution in [3.63, 3.8) is 0 Å². The minimum Gasteiger partial charge on any atom is -0.454 e. The molecule has 1 aliphatic rings. The number of fused-ring (bicyclic) bond motifs is 1. The molecule has 3 aromatic rings. The van der Waals surface area contributed by atoms with Gasteiger partial charge in [-0.1, -0.05) is 53.9 Å². The summed E-state index contributed by atoms with van der Waals surface area (Å²) in [4.78, 5) is 25.7. The number of nitrogens with two attached hydrogens (primary N) is 1. The first-order valence-electron chi connectivity index (χ1n) is 8.77. The van der Waals surface area contributed by atoms with E-state index < -0.39 is 5.97 Å². The van der Waals surface area contributed by atoms with Crippen molar-refractivity contribution in [2.75, 3.05) is 18.0 Å². The standard InChI is InChI=1S/C20H18N4O2S2/c21-18-15-7-3-4-8-16(15)23-17(24-18)11-26-19(25)14-6-2-1-5-13(14)12-28-20-22-9-10-27-20/h1-8H,9-12H2,(H2,21,23,24). The van der Waals surface area contributed by atoms with E-state index in [9.17, 15) is 4.79 Å². The number of nitrogens with zero attached hydrogens (tertiary/aromatic N) is 3. The number of hydrogen-bond acceptors (Lipinski definition) is 8. The summed E-state index contributed by atoms with van der Waals surface area (Å²) in [5, 5.41) is 0.785. The number of anilines is 1. The molecule has 4 rings (SSSR count). The average Bonchev–Trinajstić information content (AvgIpc) is 3.24. The van der Waals surface area contributed by atoms with Crippen LogP contribution in [0, 0.1) is 0 Å². The van der Waals surface area contributed by atoms with Gasteiger partial charge < -0.3 is 10.5 Å². The van der Waals surface area contributed by atoms with Gasteiger partial charge in [0.2, 0.25) is 0 Å². The normalized spacial score (nSPS) is 13.5. The number of carbonyl (C=O) groups excluding carboxylic acids is 1. The average molecular weight is 411 g/mol. The van der Waals surface area contributed by atoms with Crippen LogP contribution in [-0.2, 0) is 17.1 Å². The largest absolute Gasteiger partial charge is 0.454 e. The van der Waals surface area contributed by atoms with Crippen molar-refractivity contribution < 1.29 is 9.53 Å². The Hall–Kier alpha value is -2.58. The molecule has 1 aromatic heterocycles. The maximum Gasteiger partial charge on any atom is 0.338 e. The predicted molar refractivity (Wildman–Crippen MR) is 116 cm³/mol. The summed E-state index contributed by atoms with van der Waals surface area (Å²) >= 11 is 3.40. The molecule has 142 valence electrons. The van der Waals surface area contributed by atoms with Gasteiger partial charge >= 0.3 is 5.97 Å². The third-order valence-corrected chi connectivity index (χ3v) is 6.46. The molecule has 0 atom stereocenters. The van der Waals surface area contributed by atoms with Crippen LogP contribution in [0.15, 0.2) is 53.5 Å². The molecular formula is C20H18N4O2S2. The van der Waals surface area contributed by atoms with Gasteiger partial charge in [-0.3, -0.25) is 4.99 Å². The Kier molecular flexibility index (Phi) is 5.78. The summed E-state index contributed by atoms with van der Waals surface area (Å²) in [6, 6.07) is 14.9. The van der Waals surface area contributed by atoms with Crippen LogP contribution >= 0.6 is 23.5 Å². The summed E-state index contributed by atoms with van der Waals surface area (Å²) in [6.07, 6.45) is 0. The fraction of sp³-hybridized carbons (Fsp3) is 0.200. The Labute approximate surface area is 171 Å². The van der Waals surface area contributed by atoms with Crippen molar-refractivity contribution >= 4 is 50.6 Å². The van der Waals surface area contributed by atoms with Crippen LogP contribution in [0.1, 0.15) is 21.7 Å². The molecule has 0 unspecified atom stereocenters. The van der Waals surface area contributed by atoms with Crippen molar-refractivity contribution in [1.29, 1.82) is 0 Å². The smallest absolute Gasteiger partial charge is 0.338 e. The molecule has 2 heterocycles. The van der Waals surface area contributed by atoms with Crippen molar-refractivity contribution in [2.24, 2.45) is 4.99 Å².